The third kappa shape index (κ3) is 6.88. The minimum Gasteiger partial charge on any atom is -0.0622 e. The van der Waals surface area contributed by atoms with E-state index in [1.807, 2.05) is 0 Å². The Morgan fingerprint density at radius 3 is 0.623 bits per heavy atom. The second kappa shape index (κ2) is 15.4. The highest BCUT2D eigenvalue weighted by Gasteiger charge is 2.31. The number of rotatable bonds is 9. The van der Waals surface area contributed by atoms with Crippen LogP contribution < -0.4 is 47.7 Å². The molecule has 0 saturated heterocycles. The van der Waals surface area contributed by atoms with Gasteiger partial charge in [-0.2, -0.15) is 0 Å². The molecule has 0 bridgehead atoms. The average Bonchev–Trinajstić information content (AvgIpc) is 3.23. The fraction of sp³-hybridized carbons (Fsp3) is 0. The predicted octanol–water partition coefficient (Wildman–Crippen LogP) is 9.27. The van der Waals surface area contributed by atoms with Crippen molar-refractivity contribution in [3.63, 3.8) is 0 Å². The van der Waals surface area contributed by atoms with Crippen LogP contribution in [-0.2, 0) is 0 Å². The number of benzene rings is 9. The summed E-state index contributed by atoms with van der Waals surface area (Å²) >= 11 is 0. The molecular formula is C50H37P3. The van der Waals surface area contributed by atoms with Gasteiger partial charge in [-0.15, -0.1) is 0 Å². The first-order valence-electron chi connectivity index (χ1n) is 18.0. The van der Waals surface area contributed by atoms with Crippen molar-refractivity contribution in [1.82, 2.24) is 0 Å². The molecule has 3 heteroatoms. The molecule has 9 aromatic rings. The average molecular weight is 731 g/mol. The van der Waals surface area contributed by atoms with Gasteiger partial charge >= 0.3 is 0 Å². The molecule has 0 nitrogen and oxygen atoms in total. The lowest BCUT2D eigenvalue weighted by Crippen LogP contribution is -2.39. The van der Waals surface area contributed by atoms with Crippen molar-refractivity contribution in [2.45, 2.75) is 0 Å². The monoisotopic (exact) mass is 730 g/mol. The molecule has 9 aromatic carbocycles. The maximum atomic E-state index is 2.54. The largest absolute Gasteiger partial charge is 0.0622 e. The van der Waals surface area contributed by atoms with Crippen molar-refractivity contribution in [3.8, 4) is 0 Å². The van der Waals surface area contributed by atoms with E-state index < -0.39 is 23.8 Å². The summed E-state index contributed by atoms with van der Waals surface area (Å²) in [5.41, 5.74) is 0. The van der Waals surface area contributed by atoms with Crippen LogP contribution in [-0.4, -0.2) is 0 Å². The first-order valence-corrected chi connectivity index (χ1v) is 22.1. The molecule has 0 saturated carbocycles. The van der Waals surface area contributed by atoms with Crippen LogP contribution in [0.3, 0.4) is 0 Å². The first kappa shape index (κ1) is 33.6. The Labute approximate surface area is 316 Å². The Hall–Kier alpha value is -5.21. The van der Waals surface area contributed by atoms with E-state index in [0.717, 1.165) is 0 Å². The van der Waals surface area contributed by atoms with Gasteiger partial charge in [-0.05, 0) is 117 Å². The molecule has 0 heterocycles. The number of hydrogen-bond donors (Lipinski definition) is 0. The smallest absolute Gasteiger partial charge is 0.00609 e. The molecule has 0 spiro atoms. The lowest BCUT2D eigenvalue weighted by atomic mass is 10.1. The zero-order valence-electron chi connectivity index (χ0n) is 29.2. The molecule has 0 N–H and O–H groups in total. The van der Waals surface area contributed by atoms with E-state index in [2.05, 4.69) is 224 Å². The fourth-order valence-corrected chi connectivity index (χ4v) is 15.6. The zero-order valence-corrected chi connectivity index (χ0v) is 31.9. The van der Waals surface area contributed by atoms with Gasteiger partial charge in [0.2, 0.25) is 0 Å². The van der Waals surface area contributed by atoms with Gasteiger partial charge in [0.25, 0.3) is 0 Å². The van der Waals surface area contributed by atoms with Crippen molar-refractivity contribution in [2.24, 2.45) is 0 Å². The van der Waals surface area contributed by atoms with Crippen LogP contribution in [0.25, 0.3) is 21.5 Å². The quantitative estimate of drug-likeness (QED) is 0.130. The minimum absolute atomic E-state index is 0.879. The van der Waals surface area contributed by atoms with E-state index in [0.29, 0.717) is 0 Å². The lowest BCUT2D eigenvalue weighted by molar-refractivity contribution is 1.75. The standard InChI is InChI=1S/C50H37P3/c1-6-24-42(25-7-1)51(43-26-8-2-9-27-43)47-34-38-20-16-18-22-40(38)36-49(47)53(46-32-14-5-15-33-46)50-37-41-23-19-17-21-39(41)35-48(50)52(44-28-10-3-11-29-44)45-30-12-4-13-31-45/h1-37H. The molecule has 0 atom stereocenters. The third-order valence-electron chi connectivity index (χ3n) is 9.72. The summed E-state index contributed by atoms with van der Waals surface area (Å²) in [4.78, 5) is 0. The first-order chi connectivity index (χ1) is 26.3. The van der Waals surface area contributed by atoms with E-state index in [-0.39, 0.29) is 0 Å². The minimum atomic E-state index is -1.03. The second-order valence-electron chi connectivity index (χ2n) is 13.1. The van der Waals surface area contributed by atoms with Crippen molar-refractivity contribution in [2.75, 3.05) is 0 Å². The van der Waals surface area contributed by atoms with E-state index >= 15 is 0 Å². The van der Waals surface area contributed by atoms with Gasteiger partial charge in [0, 0.05) is 0 Å². The highest BCUT2D eigenvalue weighted by molar-refractivity contribution is 7.88. The molecule has 0 radical (unpaired) electrons. The molecule has 53 heavy (non-hydrogen) atoms. The molecular weight excluding hydrogens is 693 g/mol. The van der Waals surface area contributed by atoms with Crippen LogP contribution in [0.4, 0.5) is 0 Å². The van der Waals surface area contributed by atoms with Gasteiger partial charge in [0.1, 0.15) is 0 Å². The third-order valence-corrected chi connectivity index (χ3v) is 17.6. The van der Waals surface area contributed by atoms with Gasteiger partial charge in [0.15, 0.2) is 0 Å². The van der Waals surface area contributed by atoms with Crippen LogP contribution in [0.2, 0.25) is 0 Å². The number of hydrogen-bond acceptors (Lipinski definition) is 0. The highest BCUT2D eigenvalue weighted by Crippen LogP contribution is 2.43. The van der Waals surface area contributed by atoms with Gasteiger partial charge in [0.05, 0.1) is 0 Å². The molecule has 0 fully saturated rings. The second-order valence-corrected chi connectivity index (χ2v) is 19.6. The van der Waals surface area contributed by atoms with Gasteiger partial charge < -0.3 is 0 Å². The van der Waals surface area contributed by atoms with Crippen molar-refractivity contribution >= 4 is 93.1 Å². The molecule has 0 aromatic heterocycles. The lowest BCUT2D eigenvalue weighted by Gasteiger charge is -2.31. The highest BCUT2D eigenvalue weighted by atomic mass is 31.1. The summed E-state index contributed by atoms with van der Waals surface area (Å²) in [6, 6.07) is 84.0. The Morgan fingerprint density at radius 2 is 0.377 bits per heavy atom. The summed E-state index contributed by atoms with van der Waals surface area (Å²) in [7, 11) is -2.79. The van der Waals surface area contributed by atoms with Crippen molar-refractivity contribution in [3.05, 3.63) is 224 Å². The Morgan fingerprint density at radius 1 is 0.189 bits per heavy atom. The van der Waals surface area contributed by atoms with Crippen LogP contribution in [0.15, 0.2) is 224 Å². The molecule has 252 valence electrons. The zero-order chi connectivity index (χ0) is 35.4. The summed E-state index contributed by atoms with van der Waals surface area (Å²) in [5.74, 6) is 0. The van der Waals surface area contributed by atoms with Crippen LogP contribution >= 0.6 is 23.8 Å². The van der Waals surface area contributed by atoms with E-state index in [4.69, 9.17) is 0 Å². The predicted molar refractivity (Wildman–Crippen MR) is 238 cm³/mol. The summed E-state index contributed by atoms with van der Waals surface area (Å²) < 4.78 is 0. The Bertz CT molecular complexity index is 2360. The molecule has 0 aliphatic carbocycles. The maximum absolute atomic E-state index is 2.54. The maximum Gasteiger partial charge on any atom is -0.00609 e. The van der Waals surface area contributed by atoms with E-state index in [1.54, 1.807) is 0 Å². The summed E-state index contributed by atoms with van der Waals surface area (Å²) in [6.07, 6.45) is 0. The normalized spacial score (nSPS) is 11.5. The molecule has 0 unspecified atom stereocenters. The van der Waals surface area contributed by atoms with Crippen molar-refractivity contribution < 1.29 is 0 Å². The Kier molecular flexibility index (Phi) is 9.77. The van der Waals surface area contributed by atoms with Crippen LogP contribution in [0.1, 0.15) is 0 Å². The van der Waals surface area contributed by atoms with Crippen molar-refractivity contribution in [1.29, 1.82) is 0 Å². The topological polar surface area (TPSA) is 0 Å². The Balaban J connectivity index is 1.40. The van der Waals surface area contributed by atoms with Gasteiger partial charge in [-0.3, -0.25) is 0 Å². The van der Waals surface area contributed by atoms with E-state index in [9.17, 15) is 0 Å². The van der Waals surface area contributed by atoms with Gasteiger partial charge in [-0.25, -0.2) is 0 Å². The SMILES string of the molecule is c1ccc(P(c2ccccc2)c2cc3ccccc3cc2P(c2ccccc2)c2cc3ccccc3cc2P(c2ccccc2)c2ccccc2)cc1. The molecule has 0 aliphatic rings. The molecule has 9 rings (SSSR count). The molecule has 0 amide bonds. The van der Waals surface area contributed by atoms with Crippen LogP contribution in [0.5, 0.6) is 0 Å². The van der Waals surface area contributed by atoms with E-state index in [1.165, 1.54) is 69.3 Å². The summed E-state index contributed by atoms with van der Waals surface area (Å²) in [6.45, 7) is 0. The van der Waals surface area contributed by atoms with Crippen LogP contribution in [0, 0.1) is 0 Å². The number of fused-ring (bicyclic) bond motifs is 2. The summed E-state index contributed by atoms with van der Waals surface area (Å²) in [5, 5.41) is 17.6. The van der Waals surface area contributed by atoms with Gasteiger partial charge in [-0.1, -0.05) is 200 Å². The fourth-order valence-electron chi connectivity index (χ4n) is 7.30. The molecule has 0 aliphatic heterocycles.